The Bertz CT molecular complexity index is 853. The molecule has 0 aliphatic carbocycles. The molecule has 0 amide bonds. The number of nitro groups is 1. The van der Waals surface area contributed by atoms with Gasteiger partial charge in [0, 0.05) is 28.8 Å². The molecule has 1 N–H and O–H groups in total. The highest BCUT2D eigenvalue weighted by Crippen LogP contribution is 2.26. The number of thiazole rings is 1. The van der Waals surface area contributed by atoms with E-state index in [1.165, 1.54) is 23.5 Å². The van der Waals surface area contributed by atoms with Crippen LogP contribution in [0.5, 0.6) is 0 Å². The first-order valence-corrected chi connectivity index (χ1v) is 7.10. The van der Waals surface area contributed by atoms with Crippen molar-refractivity contribution >= 4 is 17.0 Å². The fraction of sp³-hybridized carbons (Fsp3) is 0. The van der Waals surface area contributed by atoms with Gasteiger partial charge in [-0.1, -0.05) is 30.3 Å². The molecule has 0 bridgehead atoms. The van der Waals surface area contributed by atoms with Gasteiger partial charge in [0.05, 0.1) is 10.6 Å². The van der Waals surface area contributed by atoms with E-state index in [0.717, 1.165) is 16.9 Å². The first-order valence-electron chi connectivity index (χ1n) is 6.22. The number of non-ortho nitro benzene ring substituents is 1. The predicted molar refractivity (Wildman–Crippen MR) is 81.6 cm³/mol. The van der Waals surface area contributed by atoms with E-state index in [1.54, 1.807) is 10.6 Å². The normalized spacial score (nSPS) is 10.5. The molecule has 1 heterocycles. The fourth-order valence-corrected chi connectivity index (χ4v) is 2.91. The minimum atomic E-state index is -0.412. The molecule has 0 saturated carbocycles. The number of hydrogen-bond donors (Lipinski definition) is 1. The van der Waals surface area contributed by atoms with Crippen LogP contribution in [0.1, 0.15) is 0 Å². The molecule has 0 radical (unpaired) electrons. The Kier molecular flexibility index (Phi) is 3.37. The quantitative estimate of drug-likeness (QED) is 0.592. The Hall–Kier alpha value is -2.73. The highest BCUT2D eigenvalue weighted by Gasteiger charge is 2.12. The van der Waals surface area contributed by atoms with Crippen LogP contribution >= 0.6 is 11.3 Å². The third kappa shape index (κ3) is 2.48. The van der Waals surface area contributed by atoms with Crippen molar-refractivity contribution in [1.29, 1.82) is 5.41 Å². The van der Waals surface area contributed by atoms with Gasteiger partial charge in [0.15, 0.2) is 4.80 Å². The van der Waals surface area contributed by atoms with Gasteiger partial charge in [0.25, 0.3) is 5.69 Å². The molecule has 1 aromatic heterocycles. The highest BCUT2D eigenvalue weighted by molar-refractivity contribution is 7.07. The lowest BCUT2D eigenvalue weighted by molar-refractivity contribution is -0.384. The van der Waals surface area contributed by atoms with Crippen LogP contribution in [-0.4, -0.2) is 9.49 Å². The number of nitrogens with zero attached hydrogens (tertiary/aromatic N) is 2. The van der Waals surface area contributed by atoms with Crippen LogP contribution in [0.2, 0.25) is 0 Å². The second kappa shape index (κ2) is 5.34. The second-order valence-electron chi connectivity index (χ2n) is 4.40. The van der Waals surface area contributed by atoms with Crippen LogP contribution in [0.25, 0.3) is 16.9 Å². The van der Waals surface area contributed by atoms with Gasteiger partial charge in [-0.05, 0) is 12.1 Å². The minimum Gasteiger partial charge on any atom is -0.286 e. The summed E-state index contributed by atoms with van der Waals surface area (Å²) in [6.45, 7) is 0. The molecular weight excluding hydrogens is 286 g/mol. The maximum absolute atomic E-state index is 10.9. The standard InChI is InChI=1S/C15H11N3O2S/c16-15-17(12-6-2-1-3-7-12)14(10-21-15)11-5-4-8-13(9-11)18(19)20/h1-10,16H. The van der Waals surface area contributed by atoms with Gasteiger partial charge in [-0.3, -0.25) is 20.1 Å². The highest BCUT2D eigenvalue weighted by atomic mass is 32.1. The molecule has 2 aromatic carbocycles. The van der Waals surface area contributed by atoms with Crippen molar-refractivity contribution in [3.05, 3.63) is 74.9 Å². The van der Waals surface area contributed by atoms with E-state index in [1.807, 2.05) is 41.8 Å². The molecule has 0 fully saturated rings. The average molecular weight is 297 g/mol. The summed E-state index contributed by atoms with van der Waals surface area (Å²) >= 11 is 1.29. The van der Waals surface area contributed by atoms with E-state index >= 15 is 0 Å². The largest absolute Gasteiger partial charge is 0.286 e. The van der Waals surface area contributed by atoms with Crippen LogP contribution in [0.3, 0.4) is 0 Å². The molecule has 21 heavy (non-hydrogen) atoms. The first-order chi connectivity index (χ1) is 10.2. The molecule has 0 saturated heterocycles. The number of nitrogens with one attached hydrogen (secondary N) is 1. The zero-order valence-corrected chi connectivity index (χ0v) is 11.7. The lowest BCUT2D eigenvalue weighted by atomic mass is 10.1. The number of rotatable bonds is 3. The number of para-hydroxylation sites is 1. The molecule has 104 valence electrons. The Morgan fingerprint density at radius 2 is 1.86 bits per heavy atom. The van der Waals surface area contributed by atoms with E-state index in [-0.39, 0.29) is 5.69 Å². The van der Waals surface area contributed by atoms with Crippen LogP contribution in [0.4, 0.5) is 5.69 Å². The van der Waals surface area contributed by atoms with E-state index < -0.39 is 4.92 Å². The second-order valence-corrected chi connectivity index (χ2v) is 5.26. The number of benzene rings is 2. The molecule has 3 aromatic rings. The summed E-state index contributed by atoms with van der Waals surface area (Å²) in [5.41, 5.74) is 2.41. The van der Waals surface area contributed by atoms with Crippen LogP contribution in [0, 0.1) is 15.5 Å². The van der Waals surface area contributed by atoms with Crippen molar-refractivity contribution in [3.63, 3.8) is 0 Å². The van der Waals surface area contributed by atoms with E-state index in [9.17, 15) is 10.1 Å². The summed E-state index contributed by atoms with van der Waals surface area (Å²) in [6.07, 6.45) is 0. The summed E-state index contributed by atoms with van der Waals surface area (Å²) in [5, 5.41) is 20.8. The van der Waals surface area contributed by atoms with Gasteiger partial charge in [-0.2, -0.15) is 0 Å². The summed E-state index contributed by atoms with van der Waals surface area (Å²) in [6, 6.07) is 16.0. The molecule has 0 aliphatic heterocycles. The average Bonchev–Trinajstić information content (AvgIpc) is 2.90. The lowest BCUT2D eigenvalue weighted by Gasteiger charge is -2.08. The SMILES string of the molecule is N=c1scc(-c2cccc([N+](=O)[O-])c2)n1-c1ccccc1. The molecule has 0 spiro atoms. The van der Waals surface area contributed by atoms with Gasteiger partial charge in [0.1, 0.15) is 0 Å². The Morgan fingerprint density at radius 3 is 2.57 bits per heavy atom. The van der Waals surface area contributed by atoms with Crippen molar-refractivity contribution in [2.24, 2.45) is 0 Å². The first kappa shape index (κ1) is 13.3. The van der Waals surface area contributed by atoms with Crippen LogP contribution in [0.15, 0.2) is 60.0 Å². The van der Waals surface area contributed by atoms with E-state index in [4.69, 9.17) is 5.41 Å². The van der Waals surface area contributed by atoms with Gasteiger partial charge in [-0.25, -0.2) is 0 Å². The third-order valence-corrected chi connectivity index (χ3v) is 3.84. The Labute approximate surface area is 124 Å². The van der Waals surface area contributed by atoms with Crippen molar-refractivity contribution < 1.29 is 4.92 Å². The smallest absolute Gasteiger partial charge is 0.270 e. The summed E-state index contributed by atoms with van der Waals surface area (Å²) in [7, 11) is 0. The molecule has 5 nitrogen and oxygen atoms in total. The minimum absolute atomic E-state index is 0.0462. The monoisotopic (exact) mass is 297 g/mol. The zero-order chi connectivity index (χ0) is 14.8. The van der Waals surface area contributed by atoms with Crippen molar-refractivity contribution in [1.82, 2.24) is 4.57 Å². The molecule has 6 heteroatoms. The van der Waals surface area contributed by atoms with Gasteiger partial charge in [0.2, 0.25) is 0 Å². The number of nitro benzene ring substituents is 1. The molecule has 3 rings (SSSR count). The van der Waals surface area contributed by atoms with E-state index in [0.29, 0.717) is 4.80 Å². The number of aromatic nitrogens is 1. The molecule has 0 aliphatic rings. The van der Waals surface area contributed by atoms with Crippen LogP contribution < -0.4 is 4.80 Å². The predicted octanol–water partition coefficient (Wildman–Crippen LogP) is 3.59. The molecular formula is C15H11N3O2S. The van der Waals surface area contributed by atoms with Crippen molar-refractivity contribution in [2.75, 3.05) is 0 Å². The van der Waals surface area contributed by atoms with Crippen molar-refractivity contribution in [3.8, 4) is 16.9 Å². The summed E-state index contributed by atoms with van der Waals surface area (Å²) in [4.78, 5) is 10.9. The third-order valence-electron chi connectivity index (χ3n) is 3.09. The Morgan fingerprint density at radius 1 is 1.10 bits per heavy atom. The fourth-order valence-electron chi connectivity index (χ4n) is 2.14. The zero-order valence-electron chi connectivity index (χ0n) is 10.9. The van der Waals surface area contributed by atoms with Crippen LogP contribution in [-0.2, 0) is 0 Å². The Balaban J connectivity index is 2.19. The maximum Gasteiger partial charge on any atom is 0.270 e. The topological polar surface area (TPSA) is 71.9 Å². The number of hydrogen-bond acceptors (Lipinski definition) is 4. The molecule has 0 atom stereocenters. The van der Waals surface area contributed by atoms with Gasteiger partial charge < -0.3 is 0 Å². The summed E-state index contributed by atoms with van der Waals surface area (Å²) < 4.78 is 1.78. The molecule has 0 unspecified atom stereocenters. The summed E-state index contributed by atoms with van der Waals surface area (Å²) in [5.74, 6) is 0. The van der Waals surface area contributed by atoms with E-state index in [2.05, 4.69) is 0 Å². The lowest BCUT2D eigenvalue weighted by Crippen LogP contribution is -2.11. The van der Waals surface area contributed by atoms with Crippen molar-refractivity contribution in [2.45, 2.75) is 0 Å². The maximum atomic E-state index is 10.9. The van der Waals surface area contributed by atoms with Gasteiger partial charge >= 0.3 is 0 Å². The van der Waals surface area contributed by atoms with Gasteiger partial charge in [-0.15, -0.1) is 11.3 Å².